The molecule has 3 aromatic rings. The third-order valence-electron chi connectivity index (χ3n) is 6.61. The maximum absolute atomic E-state index is 14.4. The first kappa shape index (κ1) is 26.1. The normalized spacial score (nSPS) is 16.1. The largest absolute Gasteiger partial charge is 0.482 e. The zero-order valence-corrected chi connectivity index (χ0v) is 21.9. The minimum atomic E-state index is -3.60. The standard InChI is InChI=1S/C27H25ClFN3O5S/c28-22-5-4-6-23(29)21(22)16-32-24-15-19(9-12-25(24)37-17-26(32)33)30-27(34)18-7-10-20(11-8-18)38(35,36)31-13-2-1-3-14-31/h4-12,15H,1-3,13-14,16-17H2,(H,30,34). The van der Waals surface area contributed by atoms with Crippen molar-refractivity contribution >= 4 is 44.8 Å². The van der Waals surface area contributed by atoms with E-state index in [9.17, 15) is 22.4 Å². The molecule has 2 aliphatic rings. The summed E-state index contributed by atoms with van der Waals surface area (Å²) in [5, 5.41) is 2.95. The van der Waals surface area contributed by atoms with E-state index in [-0.39, 0.29) is 40.1 Å². The number of benzene rings is 3. The molecule has 8 nitrogen and oxygen atoms in total. The van der Waals surface area contributed by atoms with Crippen molar-refractivity contribution in [1.29, 1.82) is 0 Å². The van der Waals surface area contributed by atoms with Gasteiger partial charge in [0.25, 0.3) is 11.8 Å². The van der Waals surface area contributed by atoms with Gasteiger partial charge in [-0.05, 0) is 67.4 Å². The first-order valence-electron chi connectivity index (χ1n) is 12.2. The number of carbonyl (C=O) groups is 2. The maximum atomic E-state index is 14.4. The molecule has 2 aliphatic heterocycles. The topological polar surface area (TPSA) is 96.0 Å². The molecular formula is C27H25ClFN3O5S. The third-order valence-corrected chi connectivity index (χ3v) is 8.87. The van der Waals surface area contributed by atoms with Gasteiger partial charge in [-0.25, -0.2) is 12.8 Å². The van der Waals surface area contributed by atoms with Gasteiger partial charge in [0.1, 0.15) is 11.6 Å². The summed E-state index contributed by atoms with van der Waals surface area (Å²) in [6.07, 6.45) is 2.69. The van der Waals surface area contributed by atoms with E-state index in [1.807, 2.05) is 0 Å². The Bertz CT molecular complexity index is 1470. The van der Waals surface area contributed by atoms with Crippen molar-refractivity contribution in [3.05, 3.63) is 82.6 Å². The Labute approximate surface area is 225 Å². The lowest BCUT2D eigenvalue weighted by atomic mass is 10.1. The Kier molecular flexibility index (Phi) is 7.38. The van der Waals surface area contributed by atoms with Crippen molar-refractivity contribution in [3.8, 4) is 5.75 Å². The van der Waals surface area contributed by atoms with Gasteiger partial charge in [0, 0.05) is 34.9 Å². The Morgan fingerprint density at radius 3 is 2.47 bits per heavy atom. The van der Waals surface area contributed by atoms with Crippen LogP contribution in [0.1, 0.15) is 35.2 Å². The van der Waals surface area contributed by atoms with Crippen molar-refractivity contribution in [1.82, 2.24) is 4.31 Å². The zero-order valence-electron chi connectivity index (χ0n) is 20.3. The van der Waals surface area contributed by atoms with E-state index in [1.54, 1.807) is 24.3 Å². The van der Waals surface area contributed by atoms with E-state index in [1.165, 1.54) is 45.6 Å². The smallest absolute Gasteiger partial charge is 0.265 e. The lowest BCUT2D eigenvalue weighted by Gasteiger charge is -2.30. The average Bonchev–Trinajstić information content (AvgIpc) is 2.92. The van der Waals surface area contributed by atoms with Crippen molar-refractivity contribution < 1.29 is 27.1 Å². The van der Waals surface area contributed by atoms with Gasteiger partial charge in [-0.1, -0.05) is 24.1 Å². The minimum Gasteiger partial charge on any atom is -0.482 e. The molecule has 11 heteroatoms. The van der Waals surface area contributed by atoms with Gasteiger partial charge in [0.2, 0.25) is 10.0 Å². The number of nitrogens with one attached hydrogen (secondary N) is 1. The van der Waals surface area contributed by atoms with Crippen LogP contribution >= 0.6 is 11.6 Å². The molecule has 0 radical (unpaired) electrons. The Morgan fingerprint density at radius 1 is 1.03 bits per heavy atom. The van der Waals surface area contributed by atoms with Gasteiger partial charge in [-0.2, -0.15) is 4.31 Å². The Hall–Kier alpha value is -3.47. The molecule has 0 saturated carbocycles. The lowest BCUT2D eigenvalue weighted by Crippen LogP contribution is -2.38. The van der Waals surface area contributed by atoms with Gasteiger partial charge < -0.3 is 15.0 Å². The number of halogens is 2. The number of fused-ring (bicyclic) bond motifs is 1. The van der Waals surface area contributed by atoms with E-state index in [4.69, 9.17) is 16.3 Å². The maximum Gasteiger partial charge on any atom is 0.265 e. The summed E-state index contributed by atoms with van der Waals surface area (Å²) in [6.45, 7) is 0.674. The van der Waals surface area contributed by atoms with Crippen LogP contribution in [0.3, 0.4) is 0 Å². The van der Waals surface area contributed by atoms with Gasteiger partial charge >= 0.3 is 0 Å². The van der Waals surface area contributed by atoms with Crippen LogP contribution in [-0.2, 0) is 21.4 Å². The second-order valence-electron chi connectivity index (χ2n) is 9.09. The number of sulfonamides is 1. The van der Waals surface area contributed by atoms with Crippen LogP contribution in [0.25, 0.3) is 0 Å². The molecular weight excluding hydrogens is 533 g/mol. The zero-order chi connectivity index (χ0) is 26.9. The number of anilines is 2. The first-order valence-corrected chi connectivity index (χ1v) is 14.0. The van der Waals surface area contributed by atoms with Gasteiger partial charge in [-0.15, -0.1) is 0 Å². The molecule has 198 valence electrons. The Balaban J connectivity index is 1.34. The predicted octanol–water partition coefficient (Wildman–Crippen LogP) is 4.83. The summed E-state index contributed by atoms with van der Waals surface area (Å²) in [4.78, 5) is 27.1. The molecule has 1 saturated heterocycles. The fourth-order valence-corrected chi connectivity index (χ4v) is 6.27. The molecule has 0 bridgehead atoms. The number of hydrogen-bond donors (Lipinski definition) is 1. The van der Waals surface area contributed by atoms with Crippen LogP contribution in [0.5, 0.6) is 5.75 Å². The Morgan fingerprint density at radius 2 is 1.76 bits per heavy atom. The highest BCUT2D eigenvalue weighted by Gasteiger charge is 2.28. The van der Waals surface area contributed by atoms with Crippen LogP contribution in [0.2, 0.25) is 5.02 Å². The molecule has 1 N–H and O–H groups in total. The van der Waals surface area contributed by atoms with Gasteiger partial charge in [0.05, 0.1) is 17.1 Å². The molecule has 38 heavy (non-hydrogen) atoms. The number of hydrogen-bond acceptors (Lipinski definition) is 5. The summed E-state index contributed by atoms with van der Waals surface area (Å²) in [5.74, 6) is -0.972. The molecule has 2 amide bonds. The number of nitrogens with zero attached hydrogens (tertiary/aromatic N) is 2. The SMILES string of the molecule is O=C(Nc1ccc2c(c1)N(Cc1c(F)cccc1Cl)C(=O)CO2)c1ccc(S(=O)(=O)N2CCCCC2)cc1. The highest BCUT2D eigenvalue weighted by molar-refractivity contribution is 7.89. The molecule has 0 unspecified atom stereocenters. The van der Waals surface area contributed by atoms with E-state index in [0.717, 1.165) is 19.3 Å². The molecule has 2 heterocycles. The summed E-state index contributed by atoms with van der Waals surface area (Å²) in [5.41, 5.74) is 1.18. The predicted molar refractivity (Wildman–Crippen MR) is 142 cm³/mol. The summed E-state index contributed by atoms with van der Waals surface area (Å²) >= 11 is 6.17. The third kappa shape index (κ3) is 5.24. The summed E-state index contributed by atoms with van der Waals surface area (Å²) in [7, 11) is -3.60. The van der Waals surface area contributed by atoms with Crippen LogP contribution in [0.4, 0.5) is 15.8 Å². The van der Waals surface area contributed by atoms with E-state index >= 15 is 0 Å². The highest BCUT2D eigenvalue weighted by Crippen LogP contribution is 2.36. The van der Waals surface area contributed by atoms with Crippen LogP contribution in [-0.4, -0.2) is 44.2 Å². The first-order chi connectivity index (χ1) is 18.2. The van der Waals surface area contributed by atoms with Crippen molar-refractivity contribution in [2.45, 2.75) is 30.7 Å². The fraction of sp³-hybridized carbons (Fsp3) is 0.259. The summed E-state index contributed by atoms with van der Waals surface area (Å²) < 4.78 is 47.1. The molecule has 0 atom stereocenters. The molecule has 5 rings (SSSR count). The van der Waals surface area contributed by atoms with E-state index in [0.29, 0.717) is 30.2 Å². The van der Waals surface area contributed by atoms with Crippen LogP contribution in [0.15, 0.2) is 65.6 Å². The molecule has 0 aliphatic carbocycles. The molecule has 1 fully saturated rings. The van der Waals surface area contributed by atoms with Crippen LogP contribution in [0, 0.1) is 5.82 Å². The second kappa shape index (κ2) is 10.7. The summed E-state index contributed by atoms with van der Waals surface area (Å²) in [6, 6.07) is 14.9. The minimum absolute atomic E-state index is 0.106. The number of ether oxygens (including phenoxy) is 1. The number of amides is 2. The molecule has 0 aromatic heterocycles. The molecule has 3 aromatic carbocycles. The fourth-order valence-electron chi connectivity index (χ4n) is 4.53. The van der Waals surface area contributed by atoms with Crippen LogP contribution < -0.4 is 15.0 Å². The number of rotatable bonds is 6. The average molecular weight is 558 g/mol. The van der Waals surface area contributed by atoms with E-state index in [2.05, 4.69) is 5.32 Å². The number of carbonyl (C=O) groups excluding carboxylic acids is 2. The van der Waals surface area contributed by atoms with Gasteiger partial charge in [0.15, 0.2) is 6.61 Å². The second-order valence-corrected chi connectivity index (χ2v) is 11.4. The quantitative estimate of drug-likeness (QED) is 0.468. The van der Waals surface area contributed by atoms with Gasteiger partial charge in [-0.3, -0.25) is 9.59 Å². The molecule has 0 spiro atoms. The lowest BCUT2D eigenvalue weighted by molar-refractivity contribution is -0.121. The van der Waals surface area contributed by atoms with E-state index < -0.39 is 21.7 Å². The number of piperidine rings is 1. The van der Waals surface area contributed by atoms with Crippen molar-refractivity contribution in [2.75, 3.05) is 29.9 Å². The highest BCUT2D eigenvalue weighted by atomic mass is 35.5. The monoisotopic (exact) mass is 557 g/mol. The van der Waals surface area contributed by atoms with Crippen molar-refractivity contribution in [3.63, 3.8) is 0 Å². The van der Waals surface area contributed by atoms with Crippen molar-refractivity contribution in [2.24, 2.45) is 0 Å².